The van der Waals surface area contributed by atoms with E-state index in [2.05, 4.69) is 10.3 Å². The largest absolute Gasteiger partial charge is 0.460 e. The van der Waals surface area contributed by atoms with Crippen LogP contribution in [0.4, 0.5) is 0 Å². The van der Waals surface area contributed by atoms with Gasteiger partial charge in [-0.25, -0.2) is 4.98 Å². The molecular weight excluding hydrogens is 362 g/mol. The highest BCUT2D eigenvalue weighted by Gasteiger charge is 2.09. The predicted molar refractivity (Wildman–Crippen MR) is 96.4 cm³/mol. The van der Waals surface area contributed by atoms with Gasteiger partial charge in [0, 0.05) is 17.7 Å². The molecule has 3 aromatic rings. The molecule has 1 amide bonds. The fraction of sp³-hybridized carbons (Fsp3) is 0.118. The van der Waals surface area contributed by atoms with Gasteiger partial charge in [-0.15, -0.1) is 11.3 Å². The first-order valence-electron chi connectivity index (χ1n) is 7.40. The van der Waals surface area contributed by atoms with Crippen LogP contribution in [0.5, 0.6) is 0 Å². The third-order valence-electron chi connectivity index (χ3n) is 3.30. The molecule has 0 bridgehead atoms. The van der Waals surface area contributed by atoms with Crippen molar-refractivity contribution in [2.45, 2.75) is 6.61 Å². The van der Waals surface area contributed by atoms with E-state index in [4.69, 9.17) is 16.3 Å². The van der Waals surface area contributed by atoms with E-state index >= 15 is 0 Å². The molecule has 3 rings (SSSR count). The normalized spacial score (nSPS) is 11.1. The Morgan fingerprint density at radius 3 is 2.92 bits per heavy atom. The molecule has 0 saturated heterocycles. The summed E-state index contributed by atoms with van der Waals surface area (Å²) < 4.78 is 6.87. The molecule has 0 fully saturated rings. The molecule has 0 atom stereocenters. The van der Waals surface area contributed by atoms with Gasteiger partial charge in [-0.3, -0.25) is 14.0 Å². The maximum absolute atomic E-state index is 11.8. The summed E-state index contributed by atoms with van der Waals surface area (Å²) in [6.07, 6.45) is 4.68. The Morgan fingerprint density at radius 2 is 2.12 bits per heavy atom. The minimum absolute atomic E-state index is 0.174. The lowest BCUT2D eigenvalue weighted by Gasteiger charge is -2.05. The first-order valence-corrected chi connectivity index (χ1v) is 8.66. The third-order valence-corrected chi connectivity index (χ3v) is 4.33. The Labute approximate surface area is 152 Å². The zero-order chi connectivity index (χ0) is 17.6. The smallest absolute Gasteiger partial charge is 0.325 e. The molecule has 0 saturated carbocycles. The zero-order valence-electron chi connectivity index (χ0n) is 13.0. The van der Waals surface area contributed by atoms with Crippen molar-refractivity contribution < 1.29 is 14.3 Å². The summed E-state index contributed by atoms with van der Waals surface area (Å²) in [7, 11) is 0. The van der Waals surface area contributed by atoms with Crippen LogP contribution in [0.2, 0.25) is 5.15 Å². The predicted octanol–water partition coefficient (Wildman–Crippen LogP) is 2.92. The van der Waals surface area contributed by atoms with Crippen LogP contribution in [-0.2, 0) is 20.9 Å². The molecule has 1 aromatic carbocycles. The van der Waals surface area contributed by atoms with Crippen LogP contribution in [0.15, 0.2) is 48.0 Å². The van der Waals surface area contributed by atoms with E-state index in [-0.39, 0.29) is 13.2 Å². The van der Waals surface area contributed by atoms with Crippen molar-refractivity contribution >= 4 is 45.9 Å². The second-order valence-electron chi connectivity index (χ2n) is 5.04. The summed E-state index contributed by atoms with van der Waals surface area (Å²) in [6, 6.07) is 9.32. The van der Waals surface area contributed by atoms with Crippen molar-refractivity contribution in [3.8, 4) is 0 Å². The third kappa shape index (κ3) is 4.46. The van der Waals surface area contributed by atoms with Crippen LogP contribution in [0, 0.1) is 0 Å². The van der Waals surface area contributed by atoms with E-state index in [1.54, 1.807) is 10.5 Å². The summed E-state index contributed by atoms with van der Waals surface area (Å²) in [5, 5.41) is 4.66. The number of ether oxygens (including phenoxy) is 1. The second-order valence-corrected chi connectivity index (χ2v) is 6.27. The summed E-state index contributed by atoms with van der Waals surface area (Å²) >= 11 is 7.48. The molecule has 2 heterocycles. The maximum atomic E-state index is 11.8. The molecule has 0 aliphatic heterocycles. The second kappa shape index (κ2) is 7.96. The number of halogens is 1. The first kappa shape index (κ1) is 17.2. The molecule has 1 N–H and O–H groups in total. The van der Waals surface area contributed by atoms with Gasteiger partial charge >= 0.3 is 5.97 Å². The average Bonchev–Trinajstić information content (AvgIpc) is 3.18. The van der Waals surface area contributed by atoms with Gasteiger partial charge in [-0.05, 0) is 11.6 Å². The van der Waals surface area contributed by atoms with Crippen molar-refractivity contribution in [2.24, 2.45) is 0 Å². The van der Waals surface area contributed by atoms with Crippen LogP contribution in [0.3, 0.4) is 0 Å². The number of thiazole rings is 1. The summed E-state index contributed by atoms with van der Waals surface area (Å²) in [4.78, 5) is 28.4. The fourth-order valence-electron chi connectivity index (χ4n) is 2.09. The molecule has 0 unspecified atom stereocenters. The van der Waals surface area contributed by atoms with Gasteiger partial charge in [-0.2, -0.15) is 0 Å². The Hall–Kier alpha value is -2.64. The number of amides is 1. The van der Waals surface area contributed by atoms with Gasteiger partial charge in [0.05, 0.1) is 5.69 Å². The highest BCUT2D eigenvalue weighted by molar-refractivity contribution is 7.15. The number of nitrogens with zero attached hydrogens (tertiary/aromatic N) is 2. The van der Waals surface area contributed by atoms with E-state index in [0.29, 0.717) is 10.8 Å². The number of carbonyl (C=O) groups is 2. The van der Waals surface area contributed by atoms with E-state index < -0.39 is 11.9 Å². The molecule has 2 aromatic heterocycles. The van der Waals surface area contributed by atoms with Crippen molar-refractivity contribution in [1.29, 1.82) is 0 Å². The van der Waals surface area contributed by atoms with E-state index in [0.717, 1.165) is 10.5 Å². The average molecular weight is 376 g/mol. The standard InChI is InChI=1S/C17H14ClN3O3S/c18-16-13(21-8-9-25-17(21)20-16)6-7-14(22)19-10-15(23)24-11-12-4-2-1-3-5-12/h1-9H,10-11H2,(H,19,22)/b7-6+. The van der Waals surface area contributed by atoms with Gasteiger partial charge in [0.1, 0.15) is 13.2 Å². The number of hydrogen-bond acceptors (Lipinski definition) is 5. The van der Waals surface area contributed by atoms with Crippen molar-refractivity contribution in [3.05, 3.63) is 64.4 Å². The number of imidazole rings is 1. The number of esters is 1. The van der Waals surface area contributed by atoms with Gasteiger partial charge in [0.25, 0.3) is 0 Å². The maximum Gasteiger partial charge on any atom is 0.325 e. The number of fused-ring (bicyclic) bond motifs is 1. The number of hydrogen-bond donors (Lipinski definition) is 1. The summed E-state index contributed by atoms with van der Waals surface area (Å²) in [5.41, 5.74) is 1.50. The molecule has 0 aliphatic rings. The molecule has 25 heavy (non-hydrogen) atoms. The quantitative estimate of drug-likeness (QED) is 0.531. The molecule has 0 aliphatic carbocycles. The lowest BCUT2D eigenvalue weighted by Crippen LogP contribution is -2.29. The number of rotatable bonds is 6. The number of nitrogens with one attached hydrogen (secondary N) is 1. The zero-order valence-corrected chi connectivity index (χ0v) is 14.6. The van der Waals surface area contributed by atoms with Crippen LogP contribution in [0.25, 0.3) is 11.0 Å². The van der Waals surface area contributed by atoms with Crippen LogP contribution < -0.4 is 5.32 Å². The van der Waals surface area contributed by atoms with Crippen molar-refractivity contribution in [1.82, 2.24) is 14.7 Å². The van der Waals surface area contributed by atoms with Gasteiger partial charge in [0.2, 0.25) is 5.91 Å². The molecule has 8 heteroatoms. The van der Waals surface area contributed by atoms with Crippen molar-refractivity contribution in [3.63, 3.8) is 0 Å². The van der Waals surface area contributed by atoms with Crippen LogP contribution in [-0.4, -0.2) is 27.8 Å². The Balaban J connectivity index is 1.48. The van der Waals surface area contributed by atoms with Gasteiger partial charge < -0.3 is 10.1 Å². The van der Waals surface area contributed by atoms with E-state index in [1.165, 1.54) is 17.4 Å². The van der Waals surface area contributed by atoms with Crippen LogP contribution in [0.1, 0.15) is 11.3 Å². The van der Waals surface area contributed by atoms with Crippen molar-refractivity contribution in [2.75, 3.05) is 6.54 Å². The van der Waals surface area contributed by atoms with Crippen LogP contribution >= 0.6 is 22.9 Å². The summed E-state index contributed by atoms with van der Waals surface area (Å²) in [5.74, 6) is -0.925. The first-order chi connectivity index (χ1) is 12.1. The monoisotopic (exact) mass is 375 g/mol. The molecular formula is C17H14ClN3O3S. The molecule has 0 radical (unpaired) electrons. The number of carbonyl (C=O) groups excluding carboxylic acids is 2. The SMILES string of the molecule is O=C(/C=C/c1c(Cl)nc2sccn12)NCC(=O)OCc1ccccc1. The molecule has 0 spiro atoms. The van der Waals surface area contributed by atoms with E-state index in [1.807, 2.05) is 41.9 Å². The topological polar surface area (TPSA) is 72.7 Å². The van der Waals surface area contributed by atoms with E-state index in [9.17, 15) is 9.59 Å². The van der Waals surface area contributed by atoms with Gasteiger partial charge in [0.15, 0.2) is 10.1 Å². The molecule has 6 nitrogen and oxygen atoms in total. The highest BCUT2D eigenvalue weighted by atomic mass is 35.5. The highest BCUT2D eigenvalue weighted by Crippen LogP contribution is 2.22. The Kier molecular flexibility index (Phi) is 5.47. The minimum atomic E-state index is -0.506. The number of aromatic nitrogens is 2. The van der Waals surface area contributed by atoms with Gasteiger partial charge in [-0.1, -0.05) is 41.9 Å². The number of benzene rings is 1. The molecule has 128 valence electrons. The Morgan fingerprint density at radius 1 is 1.32 bits per heavy atom. The summed E-state index contributed by atoms with van der Waals surface area (Å²) in [6.45, 7) is -0.0308. The lowest BCUT2D eigenvalue weighted by molar-refractivity contribution is -0.144. The fourth-order valence-corrected chi connectivity index (χ4v) is 3.09. The lowest BCUT2D eigenvalue weighted by atomic mass is 10.2. The Bertz CT molecular complexity index is 918. The minimum Gasteiger partial charge on any atom is -0.460 e.